The maximum atomic E-state index is 12.4. The molecule has 0 aliphatic heterocycles. The molecule has 86 valence electrons. The van der Waals surface area contributed by atoms with Crippen molar-refractivity contribution < 1.29 is 8.78 Å². The number of halogens is 2. The Hall–Kier alpha value is -0.180. The third kappa shape index (κ3) is 7.25. The molecule has 0 saturated heterocycles. The molecule has 14 heavy (non-hydrogen) atoms. The lowest BCUT2D eigenvalue weighted by Gasteiger charge is -2.16. The second-order valence-corrected chi connectivity index (χ2v) is 3.70. The summed E-state index contributed by atoms with van der Waals surface area (Å²) in [6.07, 6.45) is 3.99. The summed E-state index contributed by atoms with van der Waals surface area (Å²) in [5, 5.41) is 2.82. The molecular weight excluding hydrogens is 184 g/mol. The molecule has 0 saturated carbocycles. The third-order valence-electron chi connectivity index (χ3n) is 2.39. The highest BCUT2D eigenvalue weighted by Gasteiger charge is 2.17. The highest BCUT2D eigenvalue weighted by atomic mass is 19.3. The molecule has 1 unspecified atom stereocenters. The quantitative estimate of drug-likeness (QED) is 0.570. The van der Waals surface area contributed by atoms with Gasteiger partial charge in [0.05, 0.1) is 6.04 Å². The van der Waals surface area contributed by atoms with E-state index < -0.39 is 12.5 Å². The van der Waals surface area contributed by atoms with Gasteiger partial charge in [0.1, 0.15) is 0 Å². The maximum Gasteiger partial charge on any atom is 0.253 e. The van der Waals surface area contributed by atoms with Gasteiger partial charge in [-0.2, -0.15) is 0 Å². The zero-order valence-electron chi connectivity index (χ0n) is 9.36. The van der Waals surface area contributed by atoms with Gasteiger partial charge in [-0.1, -0.05) is 46.0 Å². The average molecular weight is 207 g/mol. The number of hydrogen-bond donors (Lipinski definition) is 1. The number of nitrogens with one attached hydrogen (secondary N) is 1. The molecule has 1 N–H and O–H groups in total. The van der Waals surface area contributed by atoms with Crippen LogP contribution < -0.4 is 5.32 Å². The average Bonchev–Trinajstić information content (AvgIpc) is 2.15. The summed E-state index contributed by atoms with van der Waals surface area (Å²) in [7, 11) is 0. The van der Waals surface area contributed by atoms with Crippen LogP contribution in [-0.4, -0.2) is 19.0 Å². The van der Waals surface area contributed by atoms with Crippen LogP contribution in [0.3, 0.4) is 0 Å². The van der Waals surface area contributed by atoms with E-state index in [-0.39, 0.29) is 0 Å². The Bertz CT molecular complexity index is 118. The highest BCUT2D eigenvalue weighted by Crippen LogP contribution is 2.11. The van der Waals surface area contributed by atoms with E-state index in [1.54, 1.807) is 0 Å². The van der Waals surface area contributed by atoms with E-state index in [0.717, 1.165) is 12.8 Å². The minimum atomic E-state index is -2.22. The Morgan fingerprint density at radius 2 is 1.64 bits per heavy atom. The molecule has 0 rings (SSSR count). The molecule has 0 spiro atoms. The van der Waals surface area contributed by atoms with Crippen LogP contribution in [0.4, 0.5) is 8.78 Å². The van der Waals surface area contributed by atoms with Crippen molar-refractivity contribution in [1.29, 1.82) is 0 Å². The van der Waals surface area contributed by atoms with Crippen LogP contribution >= 0.6 is 0 Å². The van der Waals surface area contributed by atoms with Crippen molar-refractivity contribution in [2.45, 2.75) is 64.8 Å². The summed E-state index contributed by atoms with van der Waals surface area (Å²) < 4.78 is 24.8. The standard InChI is InChI=1S/C11H23F2N/c1-3-5-6-7-8-9-10(11(12)13)14-4-2/h10-11,14H,3-9H2,1-2H3. The molecular formula is C11H23F2N. The summed E-state index contributed by atoms with van der Waals surface area (Å²) in [6, 6.07) is -0.596. The van der Waals surface area contributed by atoms with Crippen LogP contribution in [0.2, 0.25) is 0 Å². The van der Waals surface area contributed by atoms with Gasteiger partial charge in [0.25, 0.3) is 6.43 Å². The van der Waals surface area contributed by atoms with Gasteiger partial charge in [-0.05, 0) is 13.0 Å². The van der Waals surface area contributed by atoms with Crippen LogP contribution in [-0.2, 0) is 0 Å². The first-order valence-corrected chi connectivity index (χ1v) is 5.73. The Labute approximate surface area is 86.3 Å². The van der Waals surface area contributed by atoms with Crippen molar-refractivity contribution in [3.8, 4) is 0 Å². The van der Waals surface area contributed by atoms with Crippen LogP contribution in [0.5, 0.6) is 0 Å². The largest absolute Gasteiger partial charge is 0.309 e. The fourth-order valence-corrected chi connectivity index (χ4v) is 1.55. The first-order valence-electron chi connectivity index (χ1n) is 5.73. The van der Waals surface area contributed by atoms with E-state index in [2.05, 4.69) is 12.2 Å². The Morgan fingerprint density at radius 3 is 2.14 bits per heavy atom. The van der Waals surface area contributed by atoms with Crippen LogP contribution in [0.1, 0.15) is 52.4 Å². The van der Waals surface area contributed by atoms with E-state index in [9.17, 15) is 8.78 Å². The van der Waals surface area contributed by atoms with Crippen molar-refractivity contribution in [3.63, 3.8) is 0 Å². The van der Waals surface area contributed by atoms with E-state index in [4.69, 9.17) is 0 Å². The summed E-state index contributed by atoms with van der Waals surface area (Å²) in [5.74, 6) is 0. The number of unbranched alkanes of at least 4 members (excludes halogenated alkanes) is 4. The molecule has 0 radical (unpaired) electrons. The summed E-state index contributed by atoms with van der Waals surface area (Å²) >= 11 is 0. The molecule has 3 heteroatoms. The van der Waals surface area contributed by atoms with Gasteiger partial charge in [-0.25, -0.2) is 8.78 Å². The molecule has 0 amide bonds. The maximum absolute atomic E-state index is 12.4. The summed E-state index contributed by atoms with van der Waals surface area (Å²) in [6.45, 7) is 4.65. The van der Waals surface area contributed by atoms with E-state index in [1.165, 1.54) is 19.3 Å². The van der Waals surface area contributed by atoms with Gasteiger partial charge in [0, 0.05) is 0 Å². The van der Waals surface area contributed by atoms with Gasteiger partial charge in [0.2, 0.25) is 0 Å². The molecule has 0 fully saturated rings. The smallest absolute Gasteiger partial charge is 0.253 e. The predicted octanol–water partition coefficient (Wildman–Crippen LogP) is 3.59. The zero-order valence-corrected chi connectivity index (χ0v) is 9.36. The van der Waals surface area contributed by atoms with Gasteiger partial charge in [-0.3, -0.25) is 0 Å². The van der Waals surface area contributed by atoms with Gasteiger partial charge < -0.3 is 5.32 Å². The minimum absolute atomic E-state index is 0.596. The second-order valence-electron chi connectivity index (χ2n) is 3.70. The highest BCUT2D eigenvalue weighted by molar-refractivity contribution is 4.68. The first-order chi connectivity index (χ1) is 6.72. The van der Waals surface area contributed by atoms with Crippen LogP contribution in [0.15, 0.2) is 0 Å². The molecule has 0 aromatic rings. The van der Waals surface area contributed by atoms with Crippen LogP contribution in [0, 0.1) is 0 Å². The number of alkyl halides is 2. The van der Waals surface area contributed by atoms with Crippen molar-refractivity contribution in [1.82, 2.24) is 5.32 Å². The van der Waals surface area contributed by atoms with Gasteiger partial charge in [0.15, 0.2) is 0 Å². The molecule has 0 aromatic carbocycles. The second kappa shape index (κ2) is 9.38. The van der Waals surface area contributed by atoms with Crippen LogP contribution in [0.25, 0.3) is 0 Å². The Kier molecular flexibility index (Phi) is 9.26. The Morgan fingerprint density at radius 1 is 1.00 bits per heavy atom. The fourth-order valence-electron chi connectivity index (χ4n) is 1.55. The van der Waals surface area contributed by atoms with Gasteiger partial charge in [-0.15, -0.1) is 0 Å². The van der Waals surface area contributed by atoms with E-state index >= 15 is 0 Å². The van der Waals surface area contributed by atoms with Crippen molar-refractivity contribution in [2.24, 2.45) is 0 Å². The lowest BCUT2D eigenvalue weighted by molar-refractivity contribution is 0.0936. The molecule has 0 bridgehead atoms. The minimum Gasteiger partial charge on any atom is -0.309 e. The molecule has 1 nitrogen and oxygen atoms in total. The first kappa shape index (κ1) is 13.8. The monoisotopic (exact) mass is 207 g/mol. The number of hydrogen-bond acceptors (Lipinski definition) is 1. The zero-order chi connectivity index (χ0) is 10.8. The molecule has 0 aliphatic carbocycles. The van der Waals surface area contributed by atoms with Crippen molar-refractivity contribution in [2.75, 3.05) is 6.54 Å². The fraction of sp³-hybridized carbons (Fsp3) is 1.00. The lowest BCUT2D eigenvalue weighted by Crippen LogP contribution is -2.35. The van der Waals surface area contributed by atoms with E-state index in [1.807, 2.05) is 6.92 Å². The van der Waals surface area contributed by atoms with Gasteiger partial charge >= 0.3 is 0 Å². The normalized spacial score (nSPS) is 13.5. The third-order valence-corrected chi connectivity index (χ3v) is 2.39. The molecule has 0 aromatic heterocycles. The number of rotatable bonds is 9. The molecule has 0 heterocycles. The SMILES string of the molecule is CCCCCCCC(NCC)C(F)F. The predicted molar refractivity (Wildman–Crippen MR) is 56.8 cm³/mol. The molecule has 0 aliphatic rings. The topological polar surface area (TPSA) is 12.0 Å². The van der Waals surface area contributed by atoms with Crippen molar-refractivity contribution >= 4 is 0 Å². The lowest BCUT2D eigenvalue weighted by atomic mass is 10.1. The summed E-state index contributed by atoms with van der Waals surface area (Å²) in [5.41, 5.74) is 0. The molecule has 1 atom stereocenters. The Balaban J connectivity index is 3.41. The summed E-state index contributed by atoms with van der Waals surface area (Å²) in [4.78, 5) is 0. The van der Waals surface area contributed by atoms with Crippen molar-refractivity contribution in [3.05, 3.63) is 0 Å². The van der Waals surface area contributed by atoms with E-state index in [0.29, 0.717) is 13.0 Å².